The van der Waals surface area contributed by atoms with Gasteiger partial charge in [-0.1, -0.05) is 0 Å². The van der Waals surface area contributed by atoms with Crippen molar-refractivity contribution in [2.24, 2.45) is 0 Å². The molecule has 0 spiro atoms. The van der Waals surface area contributed by atoms with Gasteiger partial charge in [0.2, 0.25) is 0 Å². The number of hydroxylamine groups is 2. The lowest BCUT2D eigenvalue weighted by Gasteiger charge is -2.32. The summed E-state index contributed by atoms with van der Waals surface area (Å²) in [6.07, 6.45) is -1.31. The lowest BCUT2D eigenvalue weighted by molar-refractivity contribution is -0.138. The first-order valence-corrected chi connectivity index (χ1v) is 8.72. The molecule has 9 nitrogen and oxygen atoms in total. The molecule has 1 saturated heterocycles. The van der Waals surface area contributed by atoms with Crippen molar-refractivity contribution in [2.45, 2.75) is 4.90 Å². The Bertz CT molecular complexity index is 808. The van der Waals surface area contributed by atoms with Crippen molar-refractivity contribution in [1.29, 1.82) is 0 Å². The summed E-state index contributed by atoms with van der Waals surface area (Å²) < 4.78 is 17.4. The molecule has 1 aliphatic rings. The highest BCUT2D eigenvalue weighted by Gasteiger charge is 2.20. The van der Waals surface area contributed by atoms with Crippen molar-refractivity contribution in [2.75, 3.05) is 38.5 Å². The van der Waals surface area contributed by atoms with Crippen LogP contribution in [0.15, 0.2) is 32.3 Å². The molecule has 0 saturated carbocycles. The third kappa shape index (κ3) is 4.02. The molecule has 1 fully saturated rings. The average molecular weight is 355 g/mol. The number of hydrogen-bond donors (Lipinski definition) is 2. The first-order valence-electron chi connectivity index (χ1n) is 7.41. The highest BCUT2D eigenvalue weighted by Crippen LogP contribution is 2.15. The Hall–Kier alpha value is -2.17. The van der Waals surface area contributed by atoms with Gasteiger partial charge in [-0.2, -0.15) is 0 Å². The largest absolute Gasteiger partial charge is 0.525 e. The summed E-state index contributed by atoms with van der Waals surface area (Å²) in [6, 6.07) is 5.00. The maximum absolute atomic E-state index is 12.4. The molecule has 1 unspecified atom stereocenters. The number of benzene rings is 1. The van der Waals surface area contributed by atoms with Crippen LogP contribution in [0.1, 0.15) is 0 Å². The number of oxazole rings is 1. The third-order valence-electron chi connectivity index (χ3n) is 3.79. The zero-order valence-corrected chi connectivity index (χ0v) is 13.6. The van der Waals surface area contributed by atoms with Crippen LogP contribution >= 0.6 is 0 Å². The van der Waals surface area contributed by atoms with Crippen molar-refractivity contribution in [3.63, 3.8) is 0 Å². The van der Waals surface area contributed by atoms with Crippen LogP contribution in [0.5, 0.6) is 0 Å². The molecule has 0 aliphatic carbocycles. The van der Waals surface area contributed by atoms with E-state index in [4.69, 9.17) is 9.52 Å². The summed E-state index contributed by atoms with van der Waals surface area (Å²) in [5, 5.41) is 9.96. The second-order valence-electron chi connectivity index (χ2n) is 5.35. The Morgan fingerprint density at radius 3 is 2.79 bits per heavy atom. The minimum Gasteiger partial charge on any atom is -0.448 e. The van der Waals surface area contributed by atoms with E-state index in [1.54, 1.807) is 18.2 Å². The summed E-state index contributed by atoms with van der Waals surface area (Å²) in [5.41, 5.74) is 0.973. The van der Waals surface area contributed by atoms with Crippen molar-refractivity contribution in [3.8, 4) is 0 Å². The lowest BCUT2D eigenvalue weighted by Crippen LogP contribution is -2.47. The van der Waals surface area contributed by atoms with Gasteiger partial charge in [-0.3, -0.25) is 14.1 Å². The molecule has 130 valence electrons. The van der Waals surface area contributed by atoms with Gasteiger partial charge >= 0.3 is 11.9 Å². The Morgan fingerprint density at radius 2 is 2.08 bits per heavy atom. The van der Waals surface area contributed by atoms with Crippen LogP contribution in [0.3, 0.4) is 0 Å². The molecule has 24 heavy (non-hydrogen) atoms. The van der Waals surface area contributed by atoms with E-state index < -0.39 is 22.7 Å². The molecular weight excluding hydrogens is 338 g/mol. The molecule has 1 aliphatic heterocycles. The second kappa shape index (κ2) is 7.16. The molecule has 2 N–H and O–H groups in total. The Labute approximate surface area is 139 Å². The quantitative estimate of drug-likeness (QED) is 0.794. The number of nitrogens with one attached hydrogen (secondary N) is 1. The maximum Gasteiger partial charge on any atom is 0.525 e. The molecule has 1 aromatic carbocycles. The topological polar surface area (TPSA) is 116 Å². The van der Waals surface area contributed by atoms with Crippen LogP contribution in [0, 0.1) is 0 Å². The van der Waals surface area contributed by atoms with Crippen LogP contribution in [-0.2, 0) is 15.6 Å². The Morgan fingerprint density at radius 1 is 1.33 bits per heavy atom. The normalized spacial score (nSPS) is 17.8. The first-order chi connectivity index (χ1) is 11.5. The van der Waals surface area contributed by atoms with Crippen LogP contribution in [0.4, 0.5) is 4.79 Å². The predicted octanol–water partition coefficient (Wildman–Crippen LogP) is 0.456. The van der Waals surface area contributed by atoms with Crippen LogP contribution in [0.25, 0.3) is 11.1 Å². The van der Waals surface area contributed by atoms with E-state index in [1.165, 1.54) is 5.06 Å². The number of piperazine rings is 1. The van der Waals surface area contributed by atoms with Gasteiger partial charge in [0.25, 0.3) is 0 Å². The standard InChI is InChI=1S/C14H17N3O6S/c18-13-15-11-2-1-10(9-12(11)22-13)24(21)8-7-16-3-5-17(6-4-16)23-14(19)20/h1-2,9H,3-8H2,(H,15,18)(H,19,20). The van der Waals surface area contributed by atoms with E-state index in [0.717, 1.165) is 0 Å². The zero-order chi connectivity index (χ0) is 17.1. The monoisotopic (exact) mass is 355 g/mol. The fourth-order valence-corrected chi connectivity index (χ4v) is 3.67. The van der Waals surface area contributed by atoms with Crippen molar-refractivity contribution in [1.82, 2.24) is 14.9 Å². The number of carbonyl (C=O) groups is 1. The SMILES string of the molecule is O=C(O)ON1CCN(CCS(=O)c2ccc3[nH]c(=O)oc3c2)CC1. The predicted molar refractivity (Wildman–Crippen MR) is 85.2 cm³/mol. The minimum atomic E-state index is -1.31. The molecule has 2 heterocycles. The van der Waals surface area contributed by atoms with Gasteiger partial charge in [0.15, 0.2) is 5.58 Å². The number of nitrogens with zero attached hydrogens (tertiary/aromatic N) is 2. The molecule has 0 radical (unpaired) electrons. The van der Waals surface area contributed by atoms with Gasteiger partial charge in [0, 0.05) is 43.4 Å². The van der Waals surface area contributed by atoms with E-state index in [9.17, 15) is 13.8 Å². The van der Waals surface area contributed by atoms with Crippen molar-refractivity contribution < 1.29 is 23.4 Å². The second-order valence-corrected chi connectivity index (χ2v) is 6.92. The highest BCUT2D eigenvalue weighted by atomic mass is 32.2. The van der Waals surface area contributed by atoms with E-state index in [2.05, 4.69) is 14.7 Å². The number of rotatable bonds is 5. The average Bonchev–Trinajstić information content (AvgIpc) is 2.92. The smallest absolute Gasteiger partial charge is 0.448 e. The zero-order valence-electron chi connectivity index (χ0n) is 12.8. The highest BCUT2D eigenvalue weighted by molar-refractivity contribution is 7.85. The molecule has 2 aromatic rings. The molecule has 10 heteroatoms. The number of hydrogen-bond acceptors (Lipinski definition) is 7. The summed E-state index contributed by atoms with van der Waals surface area (Å²) in [4.78, 5) is 31.5. The molecule has 1 atom stereocenters. The van der Waals surface area contributed by atoms with Gasteiger partial charge in [0.1, 0.15) is 0 Å². The van der Waals surface area contributed by atoms with Crippen molar-refractivity contribution >= 4 is 28.1 Å². The summed E-state index contributed by atoms with van der Waals surface area (Å²) in [6.45, 7) is 2.90. The first kappa shape index (κ1) is 16.7. The number of fused-ring (bicyclic) bond motifs is 1. The van der Waals surface area contributed by atoms with Gasteiger partial charge < -0.3 is 14.4 Å². The fraction of sp³-hybridized carbons (Fsp3) is 0.429. The molecule has 0 amide bonds. The Balaban J connectivity index is 1.52. The summed E-state index contributed by atoms with van der Waals surface area (Å²) in [7, 11) is -1.21. The maximum atomic E-state index is 12.4. The van der Waals surface area contributed by atoms with Gasteiger partial charge in [-0.15, -0.1) is 5.06 Å². The van der Waals surface area contributed by atoms with E-state index in [1.807, 2.05) is 0 Å². The summed E-state index contributed by atoms with van der Waals surface area (Å²) in [5.74, 6) is -0.0886. The third-order valence-corrected chi connectivity index (χ3v) is 5.12. The molecule has 1 aromatic heterocycles. The number of aromatic amines is 1. The Kier molecular flexibility index (Phi) is 4.97. The molecule has 3 rings (SSSR count). The van der Waals surface area contributed by atoms with Crippen LogP contribution < -0.4 is 5.76 Å². The van der Waals surface area contributed by atoms with E-state index >= 15 is 0 Å². The lowest BCUT2D eigenvalue weighted by atomic mass is 10.3. The van der Waals surface area contributed by atoms with Crippen LogP contribution in [-0.4, -0.2) is 68.9 Å². The van der Waals surface area contributed by atoms with Crippen LogP contribution in [0.2, 0.25) is 0 Å². The van der Waals surface area contributed by atoms with Crippen molar-refractivity contribution in [3.05, 3.63) is 28.7 Å². The van der Waals surface area contributed by atoms with Gasteiger partial charge in [-0.05, 0) is 18.2 Å². The molecular formula is C14H17N3O6S. The number of aromatic nitrogens is 1. The number of H-pyrrole nitrogens is 1. The van der Waals surface area contributed by atoms with Gasteiger partial charge in [-0.25, -0.2) is 9.59 Å². The summed E-state index contributed by atoms with van der Waals surface area (Å²) >= 11 is 0. The minimum absolute atomic E-state index is 0.394. The van der Waals surface area contributed by atoms with Gasteiger partial charge in [0.05, 0.1) is 16.3 Å². The van der Waals surface area contributed by atoms with E-state index in [0.29, 0.717) is 54.5 Å². The molecule has 0 bridgehead atoms. The number of carboxylic acid groups (broad SMARTS) is 1. The fourth-order valence-electron chi connectivity index (χ4n) is 2.55. The van der Waals surface area contributed by atoms with E-state index in [-0.39, 0.29) is 0 Å².